The third-order valence-electron chi connectivity index (χ3n) is 3.80. The van der Waals surface area contributed by atoms with Crippen LogP contribution in [0.4, 0.5) is 0 Å². The van der Waals surface area contributed by atoms with E-state index in [-0.39, 0.29) is 11.4 Å². The van der Waals surface area contributed by atoms with Gasteiger partial charge < -0.3 is 0 Å². The average Bonchev–Trinajstić information content (AvgIpc) is 3.03. The van der Waals surface area contributed by atoms with Gasteiger partial charge in [0.15, 0.2) is 0 Å². The van der Waals surface area contributed by atoms with E-state index in [0.29, 0.717) is 11.6 Å². The van der Waals surface area contributed by atoms with Crippen molar-refractivity contribution in [2.75, 3.05) is 7.05 Å². The summed E-state index contributed by atoms with van der Waals surface area (Å²) >= 11 is 5.82. The summed E-state index contributed by atoms with van der Waals surface area (Å²) in [5.41, 5.74) is 1.97. The fourth-order valence-electron chi connectivity index (χ4n) is 2.47. The summed E-state index contributed by atoms with van der Waals surface area (Å²) in [7, 11) is -2.01. The molecule has 130 valence electrons. The van der Waals surface area contributed by atoms with Crippen LogP contribution in [0.15, 0.2) is 71.9 Å². The Kier molecular flexibility index (Phi) is 5.22. The predicted molar refractivity (Wildman–Crippen MR) is 97.9 cm³/mol. The largest absolute Gasteiger partial charge is 0.268 e. The fraction of sp³-hybridized carbons (Fsp3) is 0.167. The van der Waals surface area contributed by atoms with E-state index in [0.717, 1.165) is 11.1 Å². The Labute approximate surface area is 152 Å². The lowest BCUT2D eigenvalue weighted by Gasteiger charge is -2.16. The van der Waals surface area contributed by atoms with Gasteiger partial charge in [-0.3, -0.25) is 4.68 Å². The van der Waals surface area contributed by atoms with E-state index in [4.69, 9.17) is 11.6 Å². The molecule has 0 aliphatic rings. The number of benzene rings is 2. The van der Waals surface area contributed by atoms with Gasteiger partial charge in [-0.2, -0.15) is 9.40 Å². The summed E-state index contributed by atoms with van der Waals surface area (Å²) in [6, 6.07) is 16.1. The molecule has 7 heteroatoms. The number of hydrogen-bond donors (Lipinski definition) is 0. The number of halogens is 1. The summed E-state index contributed by atoms with van der Waals surface area (Å²) in [6.45, 7) is 0.897. The number of hydrogen-bond acceptors (Lipinski definition) is 3. The van der Waals surface area contributed by atoms with Crippen molar-refractivity contribution in [2.24, 2.45) is 0 Å². The molecule has 1 heterocycles. The molecule has 0 N–H and O–H groups in total. The lowest BCUT2D eigenvalue weighted by molar-refractivity contribution is 0.466. The smallest absolute Gasteiger partial charge is 0.243 e. The first kappa shape index (κ1) is 17.7. The van der Waals surface area contributed by atoms with Crippen LogP contribution in [-0.2, 0) is 23.1 Å². The lowest BCUT2D eigenvalue weighted by atomic mass is 10.2. The second-order valence-corrected chi connectivity index (χ2v) is 8.23. The van der Waals surface area contributed by atoms with Crippen molar-refractivity contribution in [2.45, 2.75) is 18.0 Å². The predicted octanol–water partition coefficient (Wildman–Crippen LogP) is 3.41. The molecule has 0 atom stereocenters. The van der Waals surface area contributed by atoms with E-state index < -0.39 is 10.0 Å². The topological polar surface area (TPSA) is 55.2 Å². The van der Waals surface area contributed by atoms with Crippen molar-refractivity contribution in [3.05, 3.63) is 83.1 Å². The van der Waals surface area contributed by atoms with Gasteiger partial charge in [-0.25, -0.2) is 8.42 Å². The molecule has 5 nitrogen and oxygen atoms in total. The SMILES string of the molecule is CN(Cc1cnn(Cc2ccccc2)c1)S(=O)(=O)c1ccc(Cl)cc1. The first-order valence-corrected chi connectivity index (χ1v) is 9.54. The maximum absolute atomic E-state index is 12.6. The molecular formula is C18H18ClN3O2S. The number of sulfonamides is 1. The first-order valence-electron chi connectivity index (χ1n) is 7.72. The Morgan fingerprint density at radius 3 is 2.40 bits per heavy atom. The minimum atomic E-state index is -3.57. The molecule has 0 saturated heterocycles. The molecule has 0 bridgehead atoms. The van der Waals surface area contributed by atoms with Crippen molar-refractivity contribution in [3.63, 3.8) is 0 Å². The molecule has 0 spiro atoms. The van der Waals surface area contributed by atoms with Gasteiger partial charge >= 0.3 is 0 Å². The van der Waals surface area contributed by atoms with E-state index in [9.17, 15) is 8.42 Å². The molecule has 25 heavy (non-hydrogen) atoms. The van der Waals surface area contributed by atoms with Gasteiger partial charge in [-0.15, -0.1) is 0 Å². The summed E-state index contributed by atoms with van der Waals surface area (Å²) < 4.78 is 28.3. The molecule has 0 radical (unpaired) electrons. The Morgan fingerprint density at radius 2 is 1.72 bits per heavy atom. The summed E-state index contributed by atoms with van der Waals surface area (Å²) in [6.07, 6.45) is 3.55. The maximum Gasteiger partial charge on any atom is 0.243 e. The van der Waals surface area contributed by atoms with Gasteiger partial charge in [-0.05, 0) is 29.8 Å². The van der Waals surface area contributed by atoms with Crippen molar-refractivity contribution in [3.8, 4) is 0 Å². The van der Waals surface area contributed by atoms with Crippen LogP contribution in [0.5, 0.6) is 0 Å². The summed E-state index contributed by atoms with van der Waals surface area (Å²) in [4.78, 5) is 0.219. The van der Waals surface area contributed by atoms with Gasteiger partial charge in [0.1, 0.15) is 0 Å². The Balaban J connectivity index is 1.70. The first-order chi connectivity index (χ1) is 11.9. The standard InChI is InChI=1S/C18H18ClN3O2S/c1-21(25(23,24)18-9-7-17(19)8-10-18)12-16-11-20-22(14-16)13-15-5-3-2-4-6-15/h2-11,14H,12-13H2,1H3. The van der Waals surface area contributed by atoms with Crippen molar-refractivity contribution in [1.82, 2.24) is 14.1 Å². The molecule has 0 aliphatic carbocycles. The second kappa shape index (κ2) is 7.39. The number of rotatable bonds is 6. The van der Waals surface area contributed by atoms with Crippen LogP contribution in [0, 0.1) is 0 Å². The summed E-state index contributed by atoms with van der Waals surface area (Å²) in [5.74, 6) is 0. The molecule has 0 unspecified atom stereocenters. The molecule has 0 saturated carbocycles. The highest BCUT2D eigenvalue weighted by Gasteiger charge is 2.21. The van der Waals surface area contributed by atoms with Crippen LogP contribution < -0.4 is 0 Å². The Bertz CT molecular complexity index is 938. The Morgan fingerprint density at radius 1 is 1.04 bits per heavy atom. The van der Waals surface area contributed by atoms with Crippen LogP contribution in [0.25, 0.3) is 0 Å². The van der Waals surface area contributed by atoms with Gasteiger partial charge in [0.05, 0.1) is 17.6 Å². The van der Waals surface area contributed by atoms with E-state index in [1.165, 1.54) is 16.4 Å². The van der Waals surface area contributed by atoms with Gasteiger partial charge in [0, 0.05) is 30.4 Å². The second-order valence-electron chi connectivity index (χ2n) is 5.75. The molecule has 3 aromatic rings. The van der Waals surface area contributed by atoms with Gasteiger partial charge in [0.2, 0.25) is 10.0 Å². The zero-order chi connectivity index (χ0) is 17.9. The van der Waals surface area contributed by atoms with E-state index >= 15 is 0 Å². The van der Waals surface area contributed by atoms with Gasteiger partial charge in [-0.1, -0.05) is 41.9 Å². The Hall–Kier alpha value is -2.15. The minimum Gasteiger partial charge on any atom is -0.268 e. The highest BCUT2D eigenvalue weighted by molar-refractivity contribution is 7.89. The quantitative estimate of drug-likeness (QED) is 0.663. The van der Waals surface area contributed by atoms with Crippen molar-refractivity contribution < 1.29 is 8.42 Å². The third-order valence-corrected chi connectivity index (χ3v) is 5.87. The highest BCUT2D eigenvalue weighted by Crippen LogP contribution is 2.19. The van der Waals surface area contributed by atoms with Crippen molar-refractivity contribution in [1.29, 1.82) is 0 Å². The van der Waals surface area contributed by atoms with Crippen LogP contribution in [0.1, 0.15) is 11.1 Å². The third kappa shape index (κ3) is 4.28. The van der Waals surface area contributed by atoms with Crippen LogP contribution >= 0.6 is 11.6 Å². The molecule has 0 aliphatic heterocycles. The molecule has 1 aromatic heterocycles. The zero-order valence-electron chi connectivity index (χ0n) is 13.7. The van der Waals surface area contributed by atoms with Crippen molar-refractivity contribution >= 4 is 21.6 Å². The van der Waals surface area contributed by atoms with Crippen LogP contribution in [0.2, 0.25) is 5.02 Å². The number of aromatic nitrogens is 2. The lowest BCUT2D eigenvalue weighted by Crippen LogP contribution is -2.26. The maximum atomic E-state index is 12.6. The van der Waals surface area contributed by atoms with E-state index in [1.807, 2.05) is 36.5 Å². The molecule has 0 fully saturated rings. The zero-order valence-corrected chi connectivity index (χ0v) is 15.3. The molecule has 0 amide bonds. The van der Waals surface area contributed by atoms with E-state index in [1.54, 1.807) is 30.1 Å². The monoisotopic (exact) mass is 375 g/mol. The minimum absolute atomic E-state index is 0.219. The van der Waals surface area contributed by atoms with E-state index in [2.05, 4.69) is 5.10 Å². The van der Waals surface area contributed by atoms with Gasteiger partial charge in [0.25, 0.3) is 0 Å². The fourth-order valence-corrected chi connectivity index (χ4v) is 3.76. The normalized spacial score (nSPS) is 11.8. The molecular weight excluding hydrogens is 358 g/mol. The molecule has 2 aromatic carbocycles. The van der Waals surface area contributed by atoms with Crippen LogP contribution in [-0.4, -0.2) is 29.6 Å². The number of nitrogens with zero attached hydrogens (tertiary/aromatic N) is 3. The molecule has 3 rings (SSSR count). The van der Waals surface area contributed by atoms with Crippen LogP contribution in [0.3, 0.4) is 0 Å². The summed E-state index contributed by atoms with van der Waals surface area (Å²) in [5, 5.41) is 4.81. The average molecular weight is 376 g/mol. The highest BCUT2D eigenvalue weighted by atomic mass is 35.5.